The second-order valence-electron chi connectivity index (χ2n) is 6.89. The Balaban J connectivity index is 1.51. The number of ether oxygens (including phenoxy) is 1. The van der Waals surface area contributed by atoms with Crippen LogP contribution in [-0.2, 0) is 19.1 Å². The monoisotopic (exact) mass is 376 g/mol. The molecule has 6 nitrogen and oxygen atoms in total. The molecule has 0 aromatic heterocycles. The van der Waals surface area contributed by atoms with Crippen LogP contribution >= 0.6 is 11.8 Å². The number of rotatable bonds is 4. The normalized spacial score (nSPS) is 25.2. The molecule has 1 aromatic rings. The number of amides is 2. The lowest BCUT2D eigenvalue weighted by Crippen LogP contribution is -2.49. The van der Waals surface area contributed by atoms with Crippen molar-refractivity contribution in [3.05, 3.63) is 24.3 Å². The first-order valence-corrected chi connectivity index (χ1v) is 9.87. The van der Waals surface area contributed by atoms with E-state index in [4.69, 9.17) is 4.74 Å². The fourth-order valence-electron chi connectivity index (χ4n) is 3.57. The molecule has 0 spiro atoms. The molecule has 3 rings (SSSR count). The van der Waals surface area contributed by atoms with E-state index in [2.05, 4.69) is 5.32 Å². The zero-order valence-electron chi connectivity index (χ0n) is 15.1. The Kier molecular flexibility index (Phi) is 5.86. The summed E-state index contributed by atoms with van der Waals surface area (Å²) in [5, 5.41) is 2.26. The van der Waals surface area contributed by atoms with E-state index in [1.54, 1.807) is 0 Å². The highest BCUT2D eigenvalue weighted by atomic mass is 32.2. The number of fused-ring (bicyclic) bond motifs is 1. The number of carbonyl (C=O) groups is 3. The first kappa shape index (κ1) is 18.8. The molecule has 7 heteroatoms. The Morgan fingerprint density at radius 1 is 1.23 bits per heavy atom. The molecular weight excluding hydrogens is 352 g/mol. The Morgan fingerprint density at radius 2 is 1.92 bits per heavy atom. The zero-order valence-corrected chi connectivity index (χ0v) is 15.9. The molecule has 2 aliphatic heterocycles. The van der Waals surface area contributed by atoms with Gasteiger partial charge in [-0.2, -0.15) is 0 Å². The molecular formula is C19H24N2O4S. The van der Waals surface area contributed by atoms with Crippen LogP contribution in [0.1, 0.15) is 39.5 Å². The van der Waals surface area contributed by atoms with E-state index in [0.29, 0.717) is 0 Å². The number of esters is 1. The van der Waals surface area contributed by atoms with Crippen molar-refractivity contribution < 1.29 is 19.1 Å². The maximum atomic E-state index is 12.4. The Hall–Kier alpha value is -2.02. The first-order chi connectivity index (χ1) is 12.5. The smallest absolute Gasteiger partial charge is 0.307 e. The molecule has 140 valence electrons. The van der Waals surface area contributed by atoms with Crippen LogP contribution in [0.5, 0.6) is 0 Å². The summed E-state index contributed by atoms with van der Waals surface area (Å²) in [6.07, 6.45) is 3.01. The summed E-state index contributed by atoms with van der Waals surface area (Å²) in [5.74, 6) is -0.901. The second-order valence-corrected chi connectivity index (χ2v) is 8.13. The van der Waals surface area contributed by atoms with Gasteiger partial charge < -0.3 is 15.0 Å². The van der Waals surface area contributed by atoms with E-state index < -0.39 is 11.2 Å². The van der Waals surface area contributed by atoms with Crippen LogP contribution in [0.2, 0.25) is 0 Å². The Labute approximate surface area is 157 Å². The third-order valence-electron chi connectivity index (χ3n) is 4.90. The van der Waals surface area contributed by atoms with Crippen LogP contribution in [0.4, 0.5) is 5.69 Å². The van der Waals surface area contributed by atoms with E-state index in [9.17, 15) is 14.4 Å². The van der Waals surface area contributed by atoms with Crippen LogP contribution in [0, 0.1) is 0 Å². The van der Waals surface area contributed by atoms with E-state index in [0.717, 1.165) is 29.8 Å². The van der Waals surface area contributed by atoms with E-state index in [1.807, 2.05) is 43.0 Å². The number of carbonyl (C=O) groups excluding carboxylic acids is 3. The van der Waals surface area contributed by atoms with Crippen molar-refractivity contribution in [1.82, 2.24) is 4.90 Å². The van der Waals surface area contributed by atoms with Gasteiger partial charge in [0, 0.05) is 17.0 Å². The van der Waals surface area contributed by atoms with Crippen LogP contribution in [-0.4, -0.2) is 46.6 Å². The van der Waals surface area contributed by atoms with E-state index in [-0.39, 0.29) is 36.9 Å². The summed E-state index contributed by atoms with van der Waals surface area (Å²) >= 11 is 1.35. The lowest BCUT2D eigenvalue weighted by Gasteiger charge is -2.38. The fraction of sp³-hybridized carbons (Fsp3) is 0.526. The molecule has 3 atom stereocenters. The quantitative estimate of drug-likeness (QED) is 0.818. The number of likely N-dealkylation sites (tertiary alicyclic amines) is 1. The minimum absolute atomic E-state index is 0.0524. The second kappa shape index (κ2) is 8.12. The Bertz CT molecular complexity index is 699. The number of piperidine rings is 1. The molecule has 1 aromatic carbocycles. The van der Waals surface area contributed by atoms with Crippen LogP contribution in [0.15, 0.2) is 29.2 Å². The van der Waals surface area contributed by atoms with Gasteiger partial charge in [0.1, 0.15) is 0 Å². The molecule has 0 bridgehead atoms. The largest absolute Gasteiger partial charge is 0.456 e. The van der Waals surface area contributed by atoms with Gasteiger partial charge in [0.25, 0.3) is 5.91 Å². The molecule has 0 saturated carbocycles. The lowest BCUT2D eigenvalue weighted by molar-refractivity contribution is -0.155. The van der Waals surface area contributed by atoms with Crippen molar-refractivity contribution >= 4 is 35.2 Å². The fourth-order valence-corrected chi connectivity index (χ4v) is 4.66. The number of hydrogen-bond donors (Lipinski definition) is 1. The minimum atomic E-state index is -0.541. The maximum absolute atomic E-state index is 12.4. The summed E-state index contributed by atoms with van der Waals surface area (Å²) in [6.45, 7) is 3.79. The summed E-state index contributed by atoms with van der Waals surface area (Å²) in [7, 11) is 0. The van der Waals surface area contributed by atoms with Crippen molar-refractivity contribution in [2.24, 2.45) is 0 Å². The van der Waals surface area contributed by atoms with Gasteiger partial charge in [0.15, 0.2) is 6.61 Å². The van der Waals surface area contributed by atoms with Gasteiger partial charge in [-0.3, -0.25) is 14.4 Å². The lowest BCUT2D eigenvalue weighted by atomic mass is 9.97. The van der Waals surface area contributed by atoms with Crippen LogP contribution < -0.4 is 5.32 Å². The van der Waals surface area contributed by atoms with Crippen molar-refractivity contribution in [3.8, 4) is 0 Å². The van der Waals surface area contributed by atoms with Crippen molar-refractivity contribution in [2.75, 3.05) is 11.9 Å². The predicted molar refractivity (Wildman–Crippen MR) is 99.9 cm³/mol. The van der Waals surface area contributed by atoms with Gasteiger partial charge in [-0.1, -0.05) is 12.1 Å². The number of thioether (sulfide) groups is 1. The molecule has 1 N–H and O–H groups in total. The highest BCUT2D eigenvalue weighted by Gasteiger charge is 2.31. The average Bonchev–Trinajstić information content (AvgIpc) is 2.60. The van der Waals surface area contributed by atoms with Gasteiger partial charge in [0.05, 0.1) is 17.4 Å². The number of para-hydroxylation sites is 1. The van der Waals surface area contributed by atoms with Gasteiger partial charge in [-0.25, -0.2) is 0 Å². The maximum Gasteiger partial charge on any atom is 0.307 e. The standard InChI is InChI=1S/C19H24N2O4S/c1-12-6-5-7-13(2)21(12)17(22)11-25-18(23)10-16-19(24)20-14-8-3-4-9-15(14)26-16/h3-4,8-9,12-13,16H,5-7,10-11H2,1-2H3,(H,20,24)/t12-,13+,16-/m1/s1. The molecule has 0 radical (unpaired) electrons. The van der Waals surface area contributed by atoms with Crippen LogP contribution in [0.3, 0.4) is 0 Å². The SMILES string of the molecule is C[C@@H]1CCC[C@H](C)N1C(=O)COC(=O)C[C@H]1Sc2ccccc2NC1=O. The highest BCUT2D eigenvalue weighted by molar-refractivity contribution is 8.01. The summed E-state index contributed by atoms with van der Waals surface area (Å²) in [6, 6.07) is 7.80. The number of anilines is 1. The van der Waals surface area contributed by atoms with Crippen molar-refractivity contribution in [2.45, 2.75) is 61.8 Å². The molecule has 1 saturated heterocycles. The number of hydrogen-bond acceptors (Lipinski definition) is 5. The number of nitrogens with zero attached hydrogens (tertiary/aromatic N) is 1. The van der Waals surface area contributed by atoms with E-state index in [1.165, 1.54) is 11.8 Å². The molecule has 2 heterocycles. The van der Waals surface area contributed by atoms with Crippen molar-refractivity contribution in [3.63, 3.8) is 0 Å². The van der Waals surface area contributed by atoms with Crippen molar-refractivity contribution in [1.29, 1.82) is 0 Å². The molecule has 26 heavy (non-hydrogen) atoms. The summed E-state index contributed by atoms with van der Waals surface area (Å²) < 4.78 is 5.17. The van der Waals surface area contributed by atoms with Gasteiger partial charge in [-0.05, 0) is 45.2 Å². The third kappa shape index (κ3) is 4.20. The van der Waals surface area contributed by atoms with Gasteiger partial charge in [-0.15, -0.1) is 11.8 Å². The molecule has 2 amide bonds. The summed E-state index contributed by atoms with van der Waals surface area (Å²) in [5.41, 5.74) is 0.760. The van der Waals surface area contributed by atoms with Gasteiger partial charge in [0.2, 0.25) is 5.91 Å². The number of nitrogens with one attached hydrogen (secondary N) is 1. The summed E-state index contributed by atoms with van der Waals surface area (Å²) in [4.78, 5) is 39.4. The van der Waals surface area contributed by atoms with Gasteiger partial charge >= 0.3 is 5.97 Å². The molecule has 1 fully saturated rings. The Morgan fingerprint density at radius 3 is 2.65 bits per heavy atom. The third-order valence-corrected chi connectivity index (χ3v) is 6.17. The predicted octanol–water partition coefficient (Wildman–Crippen LogP) is 2.82. The molecule has 0 aliphatic carbocycles. The molecule has 2 aliphatic rings. The molecule has 0 unspecified atom stereocenters. The van der Waals surface area contributed by atoms with E-state index >= 15 is 0 Å². The minimum Gasteiger partial charge on any atom is -0.456 e. The average molecular weight is 376 g/mol. The highest BCUT2D eigenvalue weighted by Crippen LogP contribution is 2.36. The number of benzene rings is 1. The first-order valence-electron chi connectivity index (χ1n) is 8.99. The van der Waals surface area contributed by atoms with Crippen LogP contribution in [0.25, 0.3) is 0 Å². The topological polar surface area (TPSA) is 75.7 Å². The zero-order chi connectivity index (χ0) is 18.7.